The maximum absolute atomic E-state index is 12.1. The van der Waals surface area contributed by atoms with Crippen molar-refractivity contribution in [2.45, 2.75) is 58.7 Å². The second-order valence-electron chi connectivity index (χ2n) is 5.47. The first-order valence-corrected chi connectivity index (χ1v) is 8.61. The zero-order valence-corrected chi connectivity index (χ0v) is 14.7. The van der Waals surface area contributed by atoms with Gasteiger partial charge in [0, 0.05) is 20.1 Å². The number of amides is 1. The number of likely N-dealkylation sites (N-methyl/N-ethyl adjacent to an activating group) is 1. The Kier molecular flexibility index (Phi) is 5.81. The second-order valence-corrected chi connectivity index (χ2v) is 6.27. The molecule has 5 nitrogen and oxygen atoms in total. The van der Waals surface area contributed by atoms with Crippen molar-refractivity contribution < 1.29 is 4.79 Å². The van der Waals surface area contributed by atoms with Gasteiger partial charge in [-0.25, -0.2) is 0 Å². The van der Waals surface area contributed by atoms with E-state index in [0.717, 1.165) is 55.5 Å². The number of aryl methyl sites for hydroxylation is 2. The lowest BCUT2D eigenvalue weighted by atomic mass is 10.0. The summed E-state index contributed by atoms with van der Waals surface area (Å²) in [5.41, 5.74) is 2.28. The van der Waals surface area contributed by atoms with Gasteiger partial charge in [-0.3, -0.25) is 14.4 Å². The number of nitrogens with zero attached hydrogens (tertiary/aromatic N) is 3. The predicted octanol–water partition coefficient (Wildman–Crippen LogP) is 2.33. The van der Waals surface area contributed by atoms with Crippen molar-refractivity contribution in [3.05, 3.63) is 15.9 Å². The Morgan fingerprint density at radius 3 is 2.81 bits per heavy atom. The molecule has 1 aliphatic rings. The van der Waals surface area contributed by atoms with Gasteiger partial charge in [0.2, 0.25) is 5.91 Å². The fourth-order valence-corrected chi connectivity index (χ4v) is 3.69. The number of halogens is 1. The minimum atomic E-state index is -0.0130. The summed E-state index contributed by atoms with van der Waals surface area (Å²) in [6.45, 7) is 6.83. The number of aromatic nitrogens is 2. The Morgan fingerprint density at radius 2 is 2.19 bits per heavy atom. The second kappa shape index (κ2) is 7.40. The van der Waals surface area contributed by atoms with Gasteiger partial charge in [0.15, 0.2) is 0 Å². The van der Waals surface area contributed by atoms with Crippen LogP contribution in [-0.4, -0.2) is 40.2 Å². The van der Waals surface area contributed by atoms with Crippen molar-refractivity contribution in [3.8, 4) is 0 Å². The van der Waals surface area contributed by atoms with Crippen LogP contribution in [0, 0.1) is 0 Å². The fourth-order valence-electron chi connectivity index (χ4n) is 3.00. The summed E-state index contributed by atoms with van der Waals surface area (Å²) in [5.74, 6) is 0.129. The first kappa shape index (κ1) is 16.5. The number of hydrogen-bond donors (Lipinski definition) is 1. The summed E-state index contributed by atoms with van der Waals surface area (Å²) >= 11 is 3.69. The molecule has 0 aliphatic carbocycles. The van der Waals surface area contributed by atoms with E-state index in [0.29, 0.717) is 0 Å². The Hall–Kier alpha value is -0.880. The monoisotopic (exact) mass is 356 g/mol. The number of likely N-dealkylation sites (tertiary alicyclic amines) is 1. The lowest BCUT2D eigenvalue weighted by Crippen LogP contribution is -2.48. The van der Waals surface area contributed by atoms with Gasteiger partial charge in [0.25, 0.3) is 0 Å². The molecule has 21 heavy (non-hydrogen) atoms. The van der Waals surface area contributed by atoms with E-state index >= 15 is 0 Å². The standard InChI is InChI=1S/C15H25BrN4O/c1-4-11-14(16)13(20(5-2)18-11)10-19-9-7-6-8-12(19)15(21)17-3/h12H,4-10H2,1-3H3,(H,17,21). The van der Waals surface area contributed by atoms with Crippen molar-refractivity contribution >= 4 is 21.8 Å². The molecule has 0 radical (unpaired) electrons. The maximum atomic E-state index is 12.1. The number of rotatable bonds is 5. The Labute approximate surface area is 135 Å². The molecular formula is C15H25BrN4O. The Morgan fingerprint density at radius 1 is 1.43 bits per heavy atom. The van der Waals surface area contributed by atoms with Crippen molar-refractivity contribution in [3.63, 3.8) is 0 Å². The topological polar surface area (TPSA) is 50.2 Å². The molecule has 6 heteroatoms. The molecule has 1 amide bonds. The van der Waals surface area contributed by atoms with Gasteiger partial charge in [0.1, 0.15) is 0 Å². The van der Waals surface area contributed by atoms with Gasteiger partial charge in [-0.1, -0.05) is 13.3 Å². The van der Waals surface area contributed by atoms with Crippen LogP contribution in [0.25, 0.3) is 0 Å². The van der Waals surface area contributed by atoms with Crippen LogP contribution in [-0.2, 0) is 24.3 Å². The minimum absolute atomic E-state index is 0.0130. The zero-order valence-electron chi connectivity index (χ0n) is 13.2. The fraction of sp³-hybridized carbons (Fsp3) is 0.733. The molecule has 1 N–H and O–H groups in total. The third-order valence-electron chi connectivity index (χ3n) is 4.21. The van der Waals surface area contributed by atoms with Crippen molar-refractivity contribution in [2.24, 2.45) is 0 Å². The van der Waals surface area contributed by atoms with Crippen LogP contribution in [0.5, 0.6) is 0 Å². The molecule has 0 aromatic carbocycles. The summed E-state index contributed by atoms with van der Waals surface area (Å²) in [5, 5.41) is 7.44. The molecule has 0 spiro atoms. The van der Waals surface area contributed by atoms with Crippen LogP contribution < -0.4 is 5.32 Å². The molecular weight excluding hydrogens is 332 g/mol. The third kappa shape index (κ3) is 3.48. The summed E-state index contributed by atoms with van der Waals surface area (Å²) in [6, 6.07) is -0.0130. The quantitative estimate of drug-likeness (QED) is 0.880. The maximum Gasteiger partial charge on any atom is 0.237 e. The average molecular weight is 357 g/mol. The molecule has 1 saturated heterocycles. The number of carbonyl (C=O) groups excluding carboxylic acids is 1. The summed E-state index contributed by atoms with van der Waals surface area (Å²) in [4.78, 5) is 14.4. The molecule has 1 aliphatic heterocycles. The van der Waals surface area contributed by atoms with E-state index in [1.807, 2.05) is 0 Å². The molecule has 1 aromatic heterocycles. The Bertz CT molecular complexity index is 500. The molecule has 1 fully saturated rings. The number of hydrogen-bond acceptors (Lipinski definition) is 3. The van der Waals surface area contributed by atoms with E-state index in [1.165, 1.54) is 5.69 Å². The van der Waals surface area contributed by atoms with Gasteiger partial charge in [-0.05, 0) is 48.7 Å². The number of piperidine rings is 1. The molecule has 1 atom stereocenters. The lowest BCUT2D eigenvalue weighted by molar-refractivity contribution is -0.127. The van der Waals surface area contributed by atoms with Crippen LogP contribution in [0.15, 0.2) is 4.47 Å². The highest BCUT2D eigenvalue weighted by atomic mass is 79.9. The van der Waals surface area contributed by atoms with E-state index in [2.05, 4.69) is 49.8 Å². The predicted molar refractivity (Wildman–Crippen MR) is 87.1 cm³/mol. The van der Waals surface area contributed by atoms with Crippen molar-refractivity contribution in [1.82, 2.24) is 20.0 Å². The SMILES string of the molecule is CCc1nn(CC)c(CN2CCCCC2C(=O)NC)c1Br. The summed E-state index contributed by atoms with van der Waals surface area (Å²) in [7, 11) is 1.72. The molecule has 1 unspecified atom stereocenters. The molecule has 2 heterocycles. The number of carbonyl (C=O) groups is 1. The third-order valence-corrected chi connectivity index (χ3v) is 5.13. The zero-order chi connectivity index (χ0) is 15.4. The molecule has 0 bridgehead atoms. The van der Waals surface area contributed by atoms with Crippen LogP contribution >= 0.6 is 15.9 Å². The van der Waals surface area contributed by atoms with Crippen molar-refractivity contribution in [1.29, 1.82) is 0 Å². The molecule has 0 saturated carbocycles. The van der Waals surface area contributed by atoms with Crippen LogP contribution in [0.2, 0.25) is 0 Å². The van der Waals surface area contributed by atoms with Crippen LogP contribution in [0.1, 0.15) is 44.5 Å². The highest BCUT2D eigenvalue weighted by molar-refractivity contribution is 9.10. The first-order chi connectivity index (χ1) is 10.1. The number of nitrogens with one attached hydrogen (secondary N) is 1. The van der Waals surface area contributed by atoms with Gasteiger partial charge >= 0.3 is 0 Å². The van der Waals surface area contributed by atoms with Gasteiger partial charge in [-0.15, -0.1) is 0 Å². The molecule has 118 valence electrons. The normalized spacial score (nSPS) is 19.7. The van der Waals surface area contributed by atoms with E-state index < -0.39 is 0 Å². The smallest absolute Gasteiger partial charge is 0.237 e. The van der Waals surface area contributed by atoms with E-state index in [-0.39, 0.29) is 11.9 Å². The van der Waals surface area contributed by atoms with E-state index in [4.69, 9.17) is 0 Å². The average Bonchev–Trinajstić information content (AvgIpc) is 2.83. The van der Waals surface area contributed by atoms with Crippen LogP contribution in [0.4, 0.5) is 0 Å². The van der Waals surface area contributed by atoms with Crippen molar-refractivity contribution in [2.75, 3.05) is 13.6 Å². The van der Waals surface area contributed by atoms with E-state index in [9.17, 15) is 4.79 Å². The highest BCUT2D eigenvalue weighted by Crippen LogP contribution is 2.26. The lowest BCUT2D eigenvalue weighted by Gasteiger charge is -2.34. The summed E-state index contributed by atoms with van der Waals surface area (Å²) in [6.07, 6.45) is 4.15. The van der Waals surface area contributed by atoms with Gasteiger partial charge < -0.3 is 5.32 Å². The van der Waals surface area contributed by atoms with Gasteiger partial charge in [-0.2, -0.15) is 5.10 Å². The Balaban J connectivity index is 2.22. The molecule has 2 rings (SSSR count). The largest absolute Gasteiger partial charge is 0.358 e. The highest BCUT2D eigenvalue weighted by Gasteiger charge is 2.29. The van der Waals surface area contributed by atoms with Gasteiger partial charge in [0.05, 0.1) is 21.9 Å². The van der Waals surface area contributed by atoms with Crippen LogP contribution in [0.3, 0.4) is 0 Å². The first-order valence-electron chi connectivity index (χ1n) is 7.82. The summed E-state index contributed by atoms with van der Waals surface area (Å²) < 4.78 is 3.16. The van der Waals surface area contributed by atoms with E-state index in [1.54, 1.807) is 7.05 Å². The molecule has 1 aromatic rings. The minimum Gasteiger partial charge on any atom is -0.358 e.